The van der Waals surface area contributed by atoms with Gasteiger partial charge < -0.3 is 14.1 Å². The van der Waals surface area contributed by atoms with E-state index in [0.29, 0.717) is 0 Å². The lowest BCUT2D eigenvalue weighted by Crippen LogP contribution is -2.32. The number of fused-ring (bicyclic) bond motifs is 13. The molecule has 0 fully saturated rings. The Bertz CT molecular complexity index is 2670. The molecular formula is C44H26N2O2. The highest BCUT2D eigenvalue weighted by atomic mass is 16.5. The zero-order valence-corrected chi connectivity index (χ0v) is 25.7. The van der Waals surface area contributed by atoms with E-state index in [1.54, 1.807) is 0 Å². The Labute approximate surface area is 276 Å². The Morgan fingerprint density at radius 3 is 2.25 bits per heavy atom. The second kappa shape index (κ2) is 9.34. The van der Waals surface area contributed by atoms with Crippen molar-refractivity contribution < 1.29 is 9.15 Å². The van der Waals surface area contributed by atoms with Crippen molar-refractivity contribution in [3.63, 3.8) is 0 Å². The Morgan fingerprint density at radius 1 is 0.583 bits per heavy atom. The van der Waals surface area contributed by atoms with Gasteiger partial charge in [0, 0.05) is 28.2 Å². The van der Waals surface area contributed by atoms with Crippen molar-refractivity contribution >= 4 is 38.8 Å². The van der Waals surface area contributed by atoms with Crippen molar-refractivity contribution in [2.24, 2.45) is 0 Å². The first-order chi connectivity index (χ1) is 23.8. The molecule has 4 nitrogen and oxygen atoms in total. The lowest BCUT2D eigenvalue weighted by Gasteiger charge is -2.36. The molecule has 0 saturated carbocycles. The highest BCUT2D eigenvalue weighted by Crippen LogP contribution is 2.67. The van der Waals surface area contributed by atoms with E-state index in [1.165, 1.54) is 0 Å². The van der Waals surface area contributed by atoms with Crippen molar-refractivity contribution in [1.29, 1.82) is 0 Å². The van der Waals surface area contributed by atoms with Crippen molar-refractivity contribution in [2.45, 2.75) is 5.41 Å². The largest absolute Gasteiger partial charge is 0.459 e. The van der Waals surface area contributed by atoms with Crippen molar-refractivity contribution in [1.82, 2.24) is 4.98 Å². The van der Waals surface area contributed by atoms with E-state index in [1.807, 2.05) is 18.3 Å². The zero-order chi connectivity index (χ0) is 31.4. The maximum absolute atomic E-state index is 7.21. The maximum Gasteiger partial charge on any atom is 0.152 e. The van der Waals surface area contributed by atoms with Gasteiger partial charge in [-0.15, -0.1) is 0 Å². The van der Waals surface area contributed by atoms with Crippen molar-refractivity contribution in [3.8, 4) is 28.1 Å². The molecule has 1 spiro atoms. The molecule has 11 rings (SSSR count). The van der Waals surface area contributed by atoms with Crippen LogP contribution >= 0.6 is 0 Å². The molecule has 4 heteroatoms. The lowest BCUT2D eigenvalue weighted by molar-refractivity contribution is 0.346. The van der Waals surface area contributed by atoms with Gasteiger partial charge in [0.25, 0.3) is 0 Å². The molecule has 3 aliphatic rings. The molecule has 6 aromatic carbocycles. The van der Waals surface area contributed by atoms with E-state index < -0.39 is 5.41 Å². The van der Waals surface area contributed by atoms with E-state index in [-0.39, 0.29) is 0 Å². The monoisotopic (exact) mass is 614 g/mol. The van der Waals surface area contributed by atoms with Gasteiger partial charge in [0.1, 0.15) is 16.8 Å². The molecule has 0 amide bonds. The van der Waals surface area contributed by atoms with Gasteiger partial charge in [-0.05, 0) is 64.0 Å². The number of benzene rings is 6. The number of hydrogen-bond donors (Lipinski definition) is 0. The predicted octanol–water partition coefficient (Wildman–Crippen LogP) is 10.9. The summed E-state index contributed by atoms with van der Waals surface area (Å²) in [6, 6.07) is 53.2. The van der Waals surface area contributed by atoms with Crippen LogP contribution in [0.4, 0.5) is 11.4 Å². The summed E-state index contributed by atoms with van der Waals surface area (Å²) in [5, 5.41) is 3.36. The third-order valence-electron chi connectivity index (χ3n) is 10.3. The number of allylic oxidation sites excluding steroid dienone is 1. The number of aromatic nitrogens is 1. The molecule has 3 heterocycles. The summed E-state index contributed by atoms with van der Waals surface area (Å²) in [5.41, 5.74) is 10.8. The zero-order valence-electron chi connectivity index (χ0n) is 25.7. The Hall–Kier alpha value is -6.39. The highest BCUT2D eigenvalue weighted by molar-refractivity contribution is 6.09. The number of ether oxygens (including phenoxy) is 1. The fraction of sp³-hybridized carbons (Fsp3) is 0.0227. The molecule has 1 aliphatic heterocycles. The number of furan rings is 1. The quantitative estimate of drug-likeness (QED) is 0.194. The molecular weight excluding hydrogens is 588 g/mol. The fourth-order valence-electron chi connectivity index (χ4n) is 8.34. The van der Waals surface area contributed by atoms with Crippen LogP contribution < -0.4 is 9.64 Å². The first-order valence-corrected chi connectivity index (χ1v) is 16.3. The molecule has 224 valence electrons. The van der Waals surface area contributed by atoms with Gasteiger partial charge in [-0.2, -0.15) is 0 Å². The van der Waals surface area contributed by atoms with E-state index in [0.717, 1.165) is 95.2 Å². The van der Waals surface area contributed by atoms with Gasteiger partial charge in [-0.1, -0.05) is 115 Å². The second-order valence-electron chi connectivity index (χ2n) is 12.7. The number of nitrogens with zero attached hydrogens (tertiary/aromatic N) is 2. The Balaban J connectivity index is 1.29. The van der Waals surface area contributed by atoms with Crippen LogP contribution in [-0.4, -0.2) is 4.98 Å². The Morgan fingerprint density at radius 2 is 1.31 bits per heavy atom. The smallest absolute Gasteiger partial charge is 0.152 e. The van der Waals surface area contributed by atoms with Crippen LogP contribution in [0.5, 0.6) is 5.75 Å². The topological polar surface area (TPSA) is 38.5 Å². The van der Waals surface area contributed by atoms with Gasteiger partial charge in [-0.3, -0.25) is 4.98 Å². The molecule has 1 unspecified atom stereocenters. The van der Waals surface area contributed by atoms with Crippen LogP contribution in [0.2, 0.25) is 0 Å². The van der Waals surface area contributed by atoms with Crippen LogP contribution in [-0.2, 0) is 5.41 Å². The van der Waals surface area contributed by atoms with Crippen LogP contribution in [0.25, 0.3) is 49.8 Å². The van der Waals surface area contributed by atoms with E-state index >= 15 is 0 Å². The van der Waals surface area contributed by atoms with E-state index in [2.05, 4.69) is 144 Å². The molecule has 0 bridgehead atoms. The summed E-state index contributed by atoms with van der Waals surface area (Å²) in [7, 11) is 0. The first-order valence-electron chi connectivity index (χ1n) is 16.3. The Kier molecular flexibility index (Phi) is 5.01. The van der Waals surface area contributed by atoms with Gasteiger partial charge in [0.05, 0.1) is 22.6 Å². The number of para-hydroxylation sites is 4. The summed E-state index contributed by atoms with van der Waals surface area (Å²) < 4.78 is 14.3. The second-order valence-corrected chi connectivity index (χ2v) is 12.7. The minimum Gasteiger partial charge on any atom is -0.459 e. The summed E-state index contributed by atoms with van der Waals surface area (Å²) in [6.45, 7) is 0. The molecule has 2 aliphatic carbocycles. The van der Waals surface area contributed by atoms with Crippen LogP contribution in [0.15, 0.2) is 168 Å². The molecule has 0 N–H and O–H groups in total. The number of rotatable bonds is 2. The third-order valence-corrected chi connectivity index (χ3v) is 10.3. The maximum atomic E-state index is 7.21. The van der Waals surface area contributed by atoms with E-state index in [9.17, 15) is 0 Å². The van der Waals surface area contributed by atoms with Crippen LogP contribution in [0, 0.1) is 0 Å². The van der Waals surface area contributed by atoms with Crippen molar-refractivity contribution in [3.05, 3.63) is 186 Å². The molecule has 1 atom stereocenters. The first kappa shape index (κ1) is 25.8. The molecule has 48 heavy (non-hydrogen) atoms. The SMILES string of the molecule is c1ccc(N2C3=C(Oc4ccccc42)C2(c4ccccc4-c4c(-c5cc6ccccc6cn5)cccc42)c2oc4ccccc4c23)cc1. The minimum absolute atomic E-state index is 0.812. The summed E-state index contributed by atoms with van der Waals surface area (Å²) in [4.78, 5) is 7.37. The standard InChI is InChI=1S/C44H26N2O2/c1-2-15-29(16-3-1)46-36-22-9-11-24-38(36)48-43-41(46)40-32-18-7-10-23-37(32)47-42(40)44(43)33-20-8-6-17-30(33)39-31(19-12-21-34(39)44)35-25-27-13-4-5-14-28(27)26-45-35/h1-26H. The number of anilines is 2. The summed E-state index contributed by atoms with van der Waals surface area (Å²) in [6.07, 6.45) is 1.98. The molecule has 2 aromatic heterocycles. The van der Waals surface area contributed by atoms with Crippen LogP contribution in [0.3, 0.4) is 0 Å². The number of hydrogen-bond acceptors (Lipinski definition) is 4. The van der Waals surface area contributed by atoms with Crippen molar-refractivity contribution in [2.75, 3.05) is 4.90 Å². The lowest BCUT2D eigenvalue weighted by atomic mass is 9.76. The summed E-state index contributed by atoms with van der Waals surface area (Å²) in [5.74, 6) is 2.56. The van der Waals surface area contributed by atoms with Gasteiger partial charge in [0.2, 0.25) is 0 Å². The third kappa shape index (κ3) is 3.16. The predicted molar refractivity (Wildman–Crippen MR) is 191 cm³/mol. The minimum atomic E-state index is -0.830. The van der Waals surface area contributed by atoms with Crippen LogP contribution in [0.1, 0.15) is 22.5 Å². The number of pyridine rings is 1. The molecule has 8 aromatic rings. The average Bonchev–Trinajstić information content (AvgIpc) is 3.77. The average molecular weight is 615 g/mol. The fourth-order valence-corrected chi connectivity index (χ4v) is 8.34. The molecule has 0 saturated heterocycles. The van der Waals surface area contributed by atoms with Gasteiger partial charge in [-0.25, -0.2) is 0 Å². The highest BCUT2D eigenvalue weighted by Gasteiger charge is 2.61. The summed E-state index contributed by atoms with van der Waals surface area (Å²) >= 11 is 0. The van der Waals surface area contributed by atoms with Gasteiger partial charge >= 0.3 is 0 Å². The van der Waals surface area contributed by atoms with E-state index in [4.69, 9.17) is 14.1 Å². The molecule has 0 radical (unpaired) electrons. The normalized spacial score (nSPS) is 16.9. The van der Waals surface area contributed by atoms with Gasteiger partial charge in [0.15, 0.2) is 11.5 Å².